The average molecular weight is 503 g/mol. The van der Waals surface area contributed by atoms with Gasteiger partial charge in [-0.15, -0.1) is 0 Å². The second-order valence-corrected chi connectivity index (χ2v) is 9.17. The smallest absolute Gasteiger partial charge is 0.259 e. The molecule has 0 saturated carbocycles. The predicted octanol–water partition coefficient (Wildman–Crippen LogP) is 4.43. The van der Waals surface area contributed by atoms with Crippen LogP contribution in [0.25, 0.3) is 0 Å². The number of hydrogen-bond acceptors (Lipinski definition) is 6. The van der Waals surface area contributed by atoms with Crippen LogP contribution in [0.4, 0.5) is 10.1 Å². The van der Waals surface area contributed by atoms with E-state index >= 15 is 0 Å². The third kappa shape index (κ3) is 4.74. The van der Waals surface area contributed by atoms with Gasteiger partial charge in [-0.2, -0.15) is 0 Å². The number of carbonyl (C=O) groups excluding carboxylic acids is 2. The summed E-state index contributed by atoms with van der Waals surface area (Å²) in [5.74, 6) is 0.504. The fraction of sp³-hybridized carbons (Fsp3) is 0.185. The van der Waals surface area contributed by atoms with E-state index in [9.17, 15) is 14.0 Å². The van der Waals surface area contributed by atoms with Crippen molar-refractivity contribution in [2.45, 2.75) is 24.8 Å². The van der Waals surface area contributed by atoms with Crippen molar-refractivity contribution in [3.05, 3.63) is 95.3 Å². The van der Waals surface area contributed by atoms with E-state index in [0.29, 0.717) is 33.8 Å². The van der Waals surface area contributed by atoms with Crippen LogP contribution < -0.4 is 10.1 Å². The summed E-state index contributed by atoms with van der Waals surface area (Å²) in [6.45, 7) is 0.276. The number of hydrogen-bond donors (Lipinski definition) is 1. The Morgan fingerprint density at radius 1 is 1.06 bits per heavy atom. The highest BCUT2D eigenvalue weighted by Crippen LogP contribution is 2.35. The lowest BCUT2D eigenvalue weighted by Gasteiger charge is -2.25. The van der Waals surface area contributed by atoms with Gasteiger partial charge in [0.05, 0.1) is 19.2 Å². The first kappa shape index (κ1) is 23.7. The zero-order valence-electron chi connectivity index (χ0n) is 19.5. The molecule has 2 aliphatic rings. The highest BCUT2D eigenvalue weighted by atomic mass is 32.2. The maximum atomic E-state index is 14.2. The SMILES string of the molecule is COc1ccccc1CNC(=O)CC1N=C2c3ccccc3N=C(SCc3ccccc3F)N2C1=O. The van der Waals surface area contributed by atoms with Crippen molar-refractivity contribution in [2.75, 3.05) is 7.11 Å². The first-order chi connectivity index (χ1) is 17.5. The molecule has 3 aromatic carbocycles. The standard InChI is InChI=1S/C27H23FN4O3S/c1-35-23-13-7-3-8-17(23)15-29-24(33)14-22-26(34)32-25(30-22)19-10-4-6-12-21(19)31-27(32)36-16-18-9-2-5-11-20(18)28/h2-13,22H,14-16H2,1H3,(H,29,33). The van der Waals surface area contributed by atoms with Crippen molar-refractivity contribution >= 4 is 40.3 Å². The molecule has 0 aliphatic carbocycles. The van der Waals surface area contributed by atoms with Gasteiger partial charge in [0.25, 0.3) is 5.91 Å². The van der Waals surface area contributed by atoms with E-state index in [-0.39, 0.29) is 30.6 Å². The number of rotatable bonds is 7. The van der Waals surface area contributed by atoms with Crippen LogP contribution in [-0.4, -0.2) is 40.9 Å². The monoisotopic (exact) mass is 502 g/mol. The van der Waals surface area contributed by atoms with Gasteiger partial charge in [-0.25, -0.2) is 14.3 Å². The second-order valence-electron chi connectivity index (χ2n) is 8.23. The average Bonchev–Trinajstić information content (AvgIpc) is 3.23. The lowest BCUT2D eigenvalue weighted by molar-refractivity contribution is -0.128. The van der Waals surface area contributed by atoms with Crippen LogP contribution in [0, 0.1) is 5.82 Å². The van der Waals surface area contributed by atoms with Crippen LogP contribution in [-0.2, 0) is 21.9 Å². The van der Waals surface area contributed by atoms with Crippen LogP contribution in [0.3, 0.4) is 0 Å². The molecule has 5 rings (SSSR count). The zero-order chi connectivity index (χ0) is 25.1. The first-order valence-corrected chi connectivity index (χ1v) is 12.4. The maximum Gasteiger partial charge on any atom is 0.259 e. The number of benzene rings is 3. The van der Waals surface area contributed by atoms with E-state index in [0.717, 1.165) is 11.1 Å². The third-order valence-corrected chi connectivity index (χ3v) is 6.90. The van der Waals surface area contributed by atoms with Crippen LogP contribution in [0.5, 0.6) is 5.75 Å². The zero-order valence-corrected chi connectivity index (χ0v) is 20.3. The molecule has 1 atom stereocenters. The van der Waals surface area contributed by atoms with Gasteiger partial charge >= 0.3 is 0 Å². The Hall–Kier alpha value is -3.98. The molecule has 2 aliphatic heterocycles. The van der Waals surface area contributed by atoms with Crippen molar-refractivity contribution < 1.29 is 18.7 Å². The molecule has 2 heterocycles. The molecular weight excluding hydrogens is 479 g/mol. The van der Waals surface area contributed by atoms with Gasteiger partial charge < -0.3 is 10.1 Å². The molecule has 9 heteroatoms. The number of thioether (sulfide) groups is 1. The van der Waals surface area contributed by atoms with Crippen LogP contribution >= 0.6 is 11.8 Å². The van der Waals surface area contributed by atoms with Gasteiger partial charge in [0.15, 0.2) is 5.17 Å². The summed E-state index contributed by atoms with van der Waals surface area (Å²) in [6, 6.07) is 20.5. The molecule has 0 fully saturated rings. The Bertz CT molecular complexity index is 1390. The Kier molecular flexibility index (Phi) is 6.81. The molecule has 1 unspecified atom stereocenters. The minimum Gasteiger partial charge on any atom is -0.496 e. The summed E-state index contributed by atoms with van der Waals surface area (Å²) in [4.78, 5) is 36.9. The lowest BCUT2D eigenvalue weighted by atomic mass is 10.1. The number of halogens is 1. The number of carbonyl (C=O) groups is 2. The highest BCUT2D eigenvalue weighted by molar-refractivity contribution is 8.13. The molecule has 0 bridgehead atoms. The topological polar surface area (TPSA) is 83.4 Å². The van der Waals surface area contributed by atoms with Crippen molar-refractivity contribution in [1.29, 1.82) is 0 Å². The number of amidine groups is 2. The largest absolute Gasteiger partial charge is 0.496 e. The second kappa shape index (κ2) is 10.3. The van der Waals surface area contributed by atoms with E-state index in [1.54, 1.807) is 25.3 Å². The highest BCUT2D eigenvalue weighted by Gasteiger charge is 2.42. The molecule has 36 heavy (non-hydrogen) atoms. The molecule has 0 saturated heterocycles. The summed E-state index contributed by atoms with van der Waals surface area (Å²) < 4.78 is 19.5. The van der Waals surface area contributed by atoms with E-state index in [1.807, 2.05) is 48.5 Å². The molecule has 0 spiro atoms. The van der Waals surface area contributed by atoms with Gasteiger partial charge in [0.1, 0.15) is 23.4 Å². The first-order valence-electron chi connectivity index (χ1n) is 11.4. The minimum absolute atomic E-state index is 0.0958. The van der Waals surface area contributed by atoms with Crippen LogP contribution in [0.1, 0.15) is 23.1 Å². The van der Waals surface area contributed by atoms with Gasteiger partial charge in [-0.05, 0) is 29.8 Å². The van der Waals surface area contributed by atoms with Gasteiger partial charge in [-0.1, -0.05) is 60.3 Å². The Morgan fingerprint density at radius 2 is 1.78 bits per heavy atom. The minimum atomic E-state index is -0.872. The van der Waals surface area contributed by atoms with Crippen molar-refractivity contribution in [2.24, 2.45) is 9.98 Å². The van der Waals surface area contributed by atoms with Gasteiger partial charge in [-0.3, -0.25) is 14.6 Å². The predicted molar refractivity (Wildman–Crippen MR) is 138 cm³/mol. The third-order valence-electron chi connectivity index (χ3n) is 5.91. The number of amides is 2. The molecular formula is C27H23FN4O3S. The number of nitrogens with zero attached hydrogens (tertiary/aromatic N) is 3. The van der Waals surface area contributed by atoms with E-state index in [2.05, 4.69) is 15.3 Å². The van der Waals surface area contributed by atoms with Gasteiger partial charge in [0, 0.05) is 23.4 Å². The molecule has 0 aromatic heterocycles. The van der Waals surface area contributed by atoms with E-state index in [4.69, 9.17) is 4.74 Å². The molecule has 2 amide bonds. The fourth-order valence-electron chi connectivity index (χ4n) is 4.08. The quantitative estimate of drug-likeness (QED) is 0.518. The van der Waals surface area contributed by atoms with Crippen LogP contribution in [0.15, 0.2) is 82.8 Å². The number of fused-ring (bicyclic) bond motifs is 3. The number of nitrogens with one attached hydrogen (secondary N) is 1. The summed E-state index contributed by atoms with van der Waals surface area (Å²) in [5.41, 5.74) is 2.75. The molecule has 182 valence electrons. The van der Waals surface area contributed by atoms with Crippen LogP contribution in [0.2, 0.25) is 0 Å². The van der Waals surface area contributed by atoms with Crippen molar-refractivity contribution in [3.8, 4) is 5.75 Å². The number of para-hydroxylation sites is 2. The number of aliphatic imine (C=N–C) groups is 2. The van der Waals surface area contributed by atoms with E-state index < -0.39 is 6.04 Å². The summed E-state index contributed by atoms with van der Waals surface area (Å²) in [5, 5.41) is 3.26. The molecule has 1 N–H and O–H groups in total. The Labute approximate surface area is 212 Å². The molecule has 7 nitrogen and oxygen atoms in total. The summed E-state index contributed by atoms with van der Waals surface area (Å²) in [6.07, 6.45) is -0.0958. The van der Waals surface area contributed by atoms with E-state index in [1.165, 1.54) is 22.7 Å². The van der Waals surface area contributed by atoms with Gasteiger partial charge in [0.2, 0.25) is 5.91 Å². The summed E-state index contributed by atoms with van der Waals surface area (Å²) in [7, 11) is 1.57. The molecule has 0 radical (unpaired) electrons. The summed E-state index contributed by atoms with van der Waals surface area (Å²) >= 11 is 1.26. The Morgan fingerprint density at radius 3 is 2.58 bits per heavy atom. The lowest BCUT2D eigenvalue weighted by Crippen LogP contribution is -2.42. The van der Waals surface area contributed by atoms with Crippen molar-refractivity contribution in [1.82, 2.24) is 10.2 Å². The fourth-order valence-corrected chi connectivity index (χ4v) is 5.07. The normalized spacial score (nSPS) is 16.1. The number of ether oxygens (including phenoxy) is 1. The van der Waals surface area contributed by atoms with Crippen molar-refractivity contribution in [3.63, 3.8) is 0 Å². The maximum absolute atomic E-state index is 14.2. The Balaban J connectivity index is 1.33. The molecule has 3 aromatic rings. The number of methoxy groups -OCH3 is 1.